The standard InChI is InChI=1S/C21H27NO2/c1-2-24-21-11-7-6-10-18(21)14-19-16-22(13-12-20(19)23)15-17-8-4-3-5-9-17/h3-11,19-20,23H,2,12-16H2,1H3. The molecule has 1 fully saturated rings. The quantitative estimate of drug-likeness (QED) is 0.882. The van der Waals surface area contributed by atoms with Gasteiger partial charge in [0.25, 0.3) is 0 Å². The molecule has 24 heavy (non-hydrogen) atoms. The second kappa shape index (κ2) is 8.32. The Bertz CT molecular complexity index is 629. The summed E-state index contributed by atoms with van der Waals surface area (Å²) < 4.78 is 5.74. The lowest BCUT2D eigenvalue weighted by atomic mass is 9.88. The fourth-order valence-electron chi connectivity index (χ4n) is 3.53. The lowest BCUT2D eigenvalue weighted by molar-refractivity contribution is 0.0237. The van der Waals surface area contributed by atoms with Crippen molar-refractivity contribution in [3.63, 3.8) is 0 Å². The van der Waals surface area contributed by atoms with Gasteiger partial charge in [0.1, 0.15) is 5.75 Å². The lowest BCUT2D eigenvalue weighted by Crippen LogP contribution is -2.43. The smallest absolute Gasteiger partial charge is 0.122 e. The number of likely N-dealkylation sites (tertiary alicyclic amines) is 1. The van der Waals surface area contributed by atoms with Crippen LogP contribution in [0.25, 0.3) is 0 Å². The van der Waals surface area contributed by atoms with Crippen molar-refractivity contribution in [1.29, 1.82) is 0 Å². The zero-order valence-electron chi connectivity index (χ0n) is 14.4. The Labute approximate surface area is 144 Å². The van der Waals surface area contributed by atoms with Crippen molar-refractivity contribution in [1.82, 2.24) is 4.90 Å². The lowest BCUT2D eigenvalue weighted by Gasteiger charge is -2.36. The van der Waals surface area contributed by atoms with Crippen LogP contribution in [0, 0.1) is 5.92 Å². The first-order valence-corrected chi connectivity index (χ1v) is 8.91. The van der Waals surface area contributed by atoms with E-state index in [1.54, 1.807) is 0 Å². The number of nitrogens with zero attached hydrogens (tertiary/aromatic N) is 1. The summed E-state index contributed by atoms with van der Waals surface area (Å²) in [5.41, 5.74) is 2.53. The minimum absolute atomic E-state index is 0.230. The topological polar surface area (TPSA) is 32.7 Å². The maximum Gasteiger partial charge on any atom is 0.122 e. The molecule has 128 valence electrons. The van der Waals surface area contributed by atoms with Crippen LogP contribution in [-0.4, -0.2) is 35.8 Å². The minimum atomic E-state index is -0.230. The van der Waals surface area contributed by atoms with E-state index in [1.165, 1.54) is 11.1 Å². The number of piperidine rings is 1. The van der Waals surface area contributed by atoms with E-state index in [-0.39, 0.29) is 12.0 Å². The van der Waals surface area contributed by atoms with E-state index in [1.807, 2.05) is 19.1 Å². The molecule has 2 aromatic carbocycles. The molecule has 2 aromatic rings. The molecule has 0 saturated carbocycles. The summed E-state index contributed by atoms with van der Waals surface area (Å²) in [6, 6.07) is 18.8. The van der Waals surface area contributed by atoms with Crippen LogP contribution in [0.4, 0.5) is 0 Å². The Morgan fingerprint density at radius 1 is 1.08 bits per heavy atom. The number of ether oxygens (including phenoxy) is 1. The van der Waals surface area contributed by atoms with Crippen molar-refractivity contribution >= 4 is 0 Å². The molecule has 3 nitrogen and oxygen atoms in total. The molecule has 2 atom stereocenters. The van der Waals surface area contributed by atoms with Crippen molar-refractivity contribution in [2.24, 2.45) is 5.92 Å². The van der Waals surface area contributed by atoms with Crippen LogP contribution in [0.15, 0.2) is 54.6 Å². The zero-order chi connectivity index (χ0) is 16.8. The largest absolute Gasteiger partial charge is 0.494 e. The predicted molar refractivity (Wildman–Crippen MR) is 97.1 cm³/mol. The van der Waals surface area contributed by atoms with E-state index in [0.717, 1.165) is 38.2 Å². The summed E-state index contributed by atoms with van der Waals surface area (Å²) in [4.78, 5) is 2.45. The molecule has 1 aliphatic rings. The average Bonchev–Trinajstić information content (AvgIpc) is 2.61. The average molecular weight is 325 g/mol. The maximum absolute atomic E-state index is 10.5. The summed E-state index contributed by atoms with van der Waals surface area (Å²) in [5, 5.41) is 10.5. The summed E-state index contributed by atoms with van der Waals surface area (Å²) in [7, 11) is 0. The van der Waals surface area contributed by atoms with Gasteiger partial charge in [-0.15, -0.1) is 0 Å². The molecule has 0 bridgehead atoms. The predicted octanol–water partition coefficient (Wildman–Crippen LogP) is 3.51. The Kier molecular flexibility index (Phi) is 5.89. The van der Waals surface area contributed by atoms with Gasteiger partial charge in [0.15, 0.2) is 0 Å². The van der Waals surface area contributed by atoms with Gasteiger partial charge in [0.05, 0.1) is 12.7 Å². The third-order valence-corrected chi connectivity index (χ3v) is 4.78. The summed E-state index contributed by atoms with van der Waals surface area (Å²) in [6.45, 7) is 5.52. The van der Waals surface area contributed by atoms with Crippen LogP contribution in [0.5, 0.6) is 5.75 Å². The van der Waals surface area contributed by atoms with Crippen LogP contribution in [-0.2, 0) is 13.0 Å². The number of para-hydroxylation sites is 1. The number of rotatable bonds is 6. The molecule has 0 aliphatic carbocycles. The molecule has 1 heterocycles. The molecule has 1 aliphatic heterocycles. The summed E-state index contributed by atoms with van der Waals surface area (Å²) in [6.07, 6.45) is 1.48. The van der Waals surface area contributed by atoms with E-state index < -0.39 is 0 Å². The molecule has 3 heteroatoms. The van der Waals surface area contributed by atoms with Crippen LogP contribution in [0.2, 0.25) is 0 Å². The molecule has 0 spiro atoms. The molecule has 0 aromatic heterocycles. The normalized spacial score (nSPS) is 21.6. The number of benzene rings is 2. The van der Waals surface area contributed by atoms with Crippen molar-refractivity contribution in [3.05, 3.63) is 65.7 Å². The second-order valence-corrected chi connectivity index (χ2v) is 6.58. The number of aliphatic hydroxyl groups is 1. The molecule has 1 saturated heterocycles. The number of hydrogen-bond acceptors (Lipinski definition) is 3. The fourth-order valence-corrected chi connectivity index (χ4v) is 3.53. The Morgan fingerprint density at radius 2 is 1.83 bits per heavy atom. The van der Waals surface area contributed by atoms with Gasteiger partial charge >= 0.3 is 0 Å². The molecule has 0 amide bonds. The first-order valence-electron chi connectivity index (χ1n) is 8.91. The molecule has 0 radical (unpaired) electrons. The van der Waals surface area contributed by atoms with Crippen LogP contribution in [0.1, 0.15) is 24.5 Å². The third kappa shape index (κ3) is 4.37. The summed E-state index contributed by atoms with van der Waals surface area (Å²) in [5.74, 6) is 1.21. The van der Waals surface area contributed by atoms with Crippen LogP contribution in [0.3, 0.4) is 0 Å². The minimum Gasteiger partial charge on any atom is -0.494 e. The highest BCUT2D eigenvalue weighted by Crippen LogP contribution is 2.27. The zero-order valence-corrected chi connectivity index (χ0v) is 14.4. The van der Waals surface area contributed by atoms with Gasteiger partial charge in [-0.2, -0.15) is 0 Å². The maximum atomic E-state index is 10.5. The molecule has 2 unspecified atom stereocenters. The van der Waals surface area contributed by atoms with E-state index in [9.17, 15) is 5.11 Å². The fraction of sp³-hybridized carbons (Fsp3) is 0.429. The van der Waals surface area contributed by atoms with Gasteiger partial charge in [-0.25, -0.2) is 0 Å². The third-order valence-electron chi connectivity index (χ3n) is 4.78. The van der Waals surface area contributed by atoms with Crippen molar-refractivity contribution in [3.8, 4) is 5.75 Å². The second-order valence-electron chi connectivity index (χ2n) is 6.58. The number of hydrogen-bond donors (Lipinski definition) is 1. The van der Waals surface area contributed by atoms with Gasteiger partial charge in [-0.05, 0) is 37.0 Å². The van der Waals surface area contributed by atoms with Crippen molar-refractivity contribution in [2.45, 2.75) is 32.4 Å². The SMILES string of the molecule is CCOc1ccccc1CC1CN(Cc2ccccc2)CCC1O. The van der Waals surface area contributed by atoms with Gasteiger partial charge in [-0.3, -0.25) is 4.90 Å². The van der Waals surface area contributed by atoms with Crippen molar-refractivity contribution in [2.75, 3.05) is 19.7 Å². The Balaban J connectivity index is 1.66. The van der Waals surface area contributed by atoms with E-state index in [4.69, 9.17) is 4.74 Å². The van der Waals surface area contributed by atoms with Crippen LogP contribution < -0.4 is 4.74 Å². The summed E-state index contributed by atoms with van der Waals surface area (Å²) >= 11 is 0. The Morgan fingerprint density at radius 3 is 2.62 bits per heavy atom. The highest BCUT2D eigenvalue weighted by atomic mass is 16.5. The van der Waals surface area contributed by atoms with Crippen molar-refractivity contribution < 1.29 is 9.84 Å². The first kappa shape index (κ1) is 17.0. The number of aliphatic hydroxyl groups excluding tert-OH is 1. The first-order chi connectivity index (χ1) is 11.8. The molecule has 3 rings (SSSR count). The monoisotopic (exact) mass is 325 g/mol. The Hall–Kier alpha value is -1.84. The van der Waals surface area contributed by atoms with E-state index >= 15 is 0 Å². The molecular weight excluding hydrogens is 298 g/mol. The van der Waals surface area contributed by atoms with E-state index in [2.05, 4.69) is 47.4 Å². The van der Waals surface area contributed by atoms with E-state index in [0.29, 0.717) is 6.61 Å². The highest BCUT2D eigenvalue weighted by molar-refractivity contribution is 5.33. The van der Waals surface area contributed by atoms with Crippen LogP contribution >= 0.6 is 0 Å². The molecular formula is C21H27NO2. The molecule has 1 N–H and O–H groups in total. The van der Waals surface area contributed by atoms with Gasteiger partial charge in [0, 0.05) is 25.6 Å². The van der Waals surface area contributed by atoms with Gasteiger partial charge in [-0.1, -0.05) is 48.5 Å². The highest BCUT2D eigenvalue weighted by Gasteiger charge is 2.28. The van der Waals surface area contributed by atoms with Gasteiger partial charge < -0.3 is 9.84 Å². The van der Waals surface area contributed by atoms with Gasteiger partial charge in [0.2, 0.25) is 0 Å².